The van der Waals surface area contributed by atoms with E-state index in [-0.39, 0.29) is 29.2 Å². The normalized spacial score (nSPS) is 12.4. The Bertz CT molecular complexity index is 982. The first-order valence-corrected chi connectivity index (χ1v) is 10.4. The maximum absolute atomic E-state index is 14.1. The fraction of sp³-hybridized carbons (Fsp3) is 0.375. The fourth-order valence-corrected chi connectivity index (χ4v) is 3.27. The van der Waals surface area contributed by atoms with E-state index in [1.807, 2.05) is 0 Å². The molecule has 7 heteroatoms. The fourth-order valence-electron chi connectivity index (χ4n) is 3.07. The van der Waals surface area contributed by atoms with Crippen LogP contribution in [0.4, 0.5) is 9.18 Å². The number of Topliss-reactive ketones (excluding diaryl/α,β-unsaturated/α-hetero) is 1. The van der Waals surface area contributed by atoms with E-state index in [0.29, 0.717) is 10.6 Å². The molecule has 2 rings (SSSR count). The number of carbonyl (C=O) groups is 3. The van der Waals surface area contributed by atoms with E-state index in [9.17, 15) is 18.8 Å². The van der Waals surface area contributed by atoms with Gasteiger partial charge >= 0.3 is 6.09 Å². The van der Waals surface area contributed by atoms with Crippen LogP contribution in [0.5, 0.6) is 0 Å². The van der Waals surface area contributed by atoms with Crippen LogP contribution in [0.3, 0.4) is 0 Å². The Balaban J connectivity index is 2.30. The van der Waals surface area contributed by atoms with Crippen LogP contribution < -0.4 is 5.32 Å². The van der Waals surface area contributed by atoms with E-state index in [2.05, 4.69) is 5.32 Å². The molecule has 1 amide bonds. The summed E-state index contributed by atoms with van der Waals surface area (Å²) in [6, 6.07) is 9.33. The Labute approximate surface area is 186 Å². The SMILES string of the molecule is CC(C)[C@H](NC(=O)OC(C)(C)C)C(=O)Cc1cc(Cl)ccc1C(=O)c1ccccc1F. The lowest BCUT2D eigenvalue weighted by molar-refractivity contribution is -0.121. The zero-order valence-electron chi connectivity index (χ0n) is 18.3. The third-order valence-electron chi connectivity index (χ3n) is 4.48. The van der Waals surface area contributed by atoms with Gasteiger partial charge in [0.25, 0.3) is 0 Å². The number of amides is 1. The lowest BCUT2D eigenvalue weighted by Crippen LogP contribution is -2.47. The highest BCUT2D eigenvalue weighted by molar-refractivity contribution is 6.31. The van der Waals surface area contributed by atoms with Gasteiger partial charge in [0.05, 0.1) is 11.6 Å². The Morgan fingerprint density at radius 2 is 1.71 bits per heavy atom. The number of halogens is 2. The Hall–Kier alpha value is -2.73. The van der Waals surface area contributed by atoms with Gasteiger partial charge in [0, 0.05) is 17.0 Å². The molecular formula is C24H27ClFNO4. The minimum Gasteiger partial charge on any atom is -0.444 e. The summed E-state index contributed by atoms with van der Waals surface area (Å²) >= 11 is 6.09. The topological polar surface area (TPSA) is 72.5 Å². The molecule has 0 bridgehead atoms. The highest BCUT2D eigenvalue weighted by Crippen LogP contribution is 2.22. The van der Waals surface area contributed by atoms with Crippen LogP contribution in [0.25, 0.3) is 0 Å². The van der Waals surface area contributed by atoms with Gasteiger partial charge in [-0.3, -0.25) is 9.59 Å². The van der Waals surface area contributed by atoms with Gasteiger partial charge in [-0.05, 0) is 62.6 Å². The van der Waals surface area contributed by atoms with Crippen molar-refractivity contribution in [1.82, 2.24) is 5.32 Å². The van der Waals surface area contributed by atoms with E-state index < -0.39 is 29.3 Å². The van der Waals surface area contributed by atoms with Gasteiger partial charge in [-0.25, -0.2) is 9.18 Å². The summed E-state index contributed by atoms with van der Waals surface area (Å²) in [5.74, 6) is -1.72. The molecule has 2 aromatic carbocycles. The highest BCUT2D eigenvalue weighted by Gasteiger charge is 2.28. The van der Waals surface area contributed by atoms with Gasteiger partial charge in [-0.2, -0.15) is 0 Å². The van der Waals surface area contributed by atoms with Gasteiger partial charge in [-0.15, -0.1) is 0 Å². The maximum atomic E-state index is 14.1. The lowest BCUT2D eigenvalue weighted by Gasteiger charge is -2.25. The van der Waals surface area contributed by atoms with Crippen LogP contribution in [-0.4, -0.2) is 29.3 Å². The smallest absolute Gasteiger partial charge is 0.408 e. The zero-order chi connectivity index (χ0) is 23.3. The molecule has 0 unspecified atom stereocenters. The summed E-state index contributed by atoms with van der Waals surface area (Å²) in [6.07, 6.45) is -0.859. The number of alkyl carbamates (subject to hydrolysis) is 1. The maximum Gasteiger partial charge on any atom is 0.408 e. The second kappa shape index (κ2) is 10.1. The van der Waals surface area contributed by atoms with Crippen molar-refractivity contribution in [2.45, 2.75) is 52.7 Å². The third-order valence-corrected chi connectivity index (χ3v) is 4.72. The molecular weight excluding hydrogens is 421 g/mol. The van der Waals surface area contributed by atoms with Crippen LogP contribution in [0.1, 0.15) is 56.1 Å². The predicted octanol–water partition coefficient (Wildman–Crippen LogP) is 5.37. The van der Waals surface area contributed by atoms with Gasteiger partial charge in [0.2, 0.25) is 0 Å². The van der Waals surface area contributed by atoms with Crippen molar-refractivity contribution < 1.29 is 23.5 Å². The van der Waals surface area contributed by atoms with Gasteiger partial charge < -0.3 is 10.1 Å². The molecule has 1 N–H and O–H groups in total. The molecule has 0 aliphatic rings. The first-order chi connectivity index (χ1) is 14.4. The molecule has 0 heterocycles. The number of hydrogen-bond acceptors (Lipinski definition) is 4. The van der Waals surface area contributed by atoms with Crippen molar-refractivity contribution in [3.63, 3.8) is 0 Å². The van der Waals surface area contributed by atoms with E-state index in [4.69, 9.17) is 16.3 Å². The average molecular weight is 448 g/mol. The Morgan fingerprint density at radius 3 is 2.29 bits per heavy atom. The minimum atomic E-state index is -0.828. The highest BCUT2D eigenvalue weighted by atomic mass is 35.5. The molecule has 0 saturated heterocycles. The summed E-state index contributed by atoms with van der Waals surface area (Å²) in [5.41, 5.74) is -0.253. The van der Waals surface area contributed by atoms with Crippen molar-refractivity contribution >= 4 is 29.3 Å². The summed E-state index contributed by atoms with van der Waals surface area (Å²) in [4.78, 5) is 38.2. The third kappa shape index (κ3) is 6.89. The van der Waals surface area contributed by atoms with E-state index in [1.54, 1.807) is 40.7 Å². The predicted molar refractivity (Wildman–Crippen MR) is 118 cm³/mol. The molecule has 5 nitrogen and oxygen atoms in total. The molecule has 0 aromatic heterocycles. The number of ketones is 2. The standard InChI is InChI=1S/C24H27ClFNO4/c1-14(2)21(27-23(30)31-24(3,4)5)20(28)13-15-12-16(25)10-11-17(15)22(29)18-8-6-7-9-19(18)26/h6-12,14,21H,13H2,1-5H3,(H,27,30)/t21-/m0/s1. The monoisotopic (exact) mass is 447 g/mol. The van der Waals surface area contributed by atoms with Crippen molar-refractivity contribution in [3.05, 3.63) is 70.0 Å². The zero-order valence-corrected chi connectivity index (χ0v) is 19.0. The van der Waals surface area contributed by atoms with Crippen molar-refractivity contribution in [1.29, 1.82) is 0 Å². The van der Waals surface area contributed by atoms with Gasteiger partial charge in [-0.1, -0.05) is 37.6 Å². The minimum absolute atomic E-state index is 0.0918. The van der Waals surface area contributed by atoms with Crippen molar-refractivity contribution in [3.8, 4) is 0 Å². The van der Waals surface area contributed by atoms with Crippen molar-refractivity contribution in [2.75, 3.05) is 0 Å². The summed E-state index contributed by atoms with van der Waals surface area (Å²) in [5, 5.41) is 2.95. The molecule has 1 atom stereocenters. The molecule has 31 heavy (non-hydrogen) atoms. The molecule has 166 valence electrons. The Morgan fingerprint density at radius 1 is 1.06 bits per heavy atom. The number of ether oxygens (including phenoxy) is 1. The van der Waals surface area contributed by atoms with Crippen LogP contribution in [0, 0.1) is 11.7 Å². The second-order valence-electron chi connectivity index (χ2n) is 8.62. The lowest BCUT2D eigenvalue weighted by atomic mass is 9.91. The number of carbonyl (C=O) groups excluding carboxylic acids is 3. The summed E-state index contributed by atoms with van der Waals surface area (Å²) < 4.78 is 19.4. The molecule has 0 radical (unpaired) electrons. The van der Waals surface area contributed by atoms with E-state index in [0.717, 1.165) is 0 Å². The van der Waals surface area contributed by atoms with E-state index >= 15 is 0 Å². The first kappa shape index (κ1) is 24.5. The van der Waals surface area contributed by atoms with Crippen LogP contribution in [-0.2, 0) is 16.0 Å². The van der Waals surface area contributed by atoms with Crippen LogP contribution in [0.15, 0.2) is 42.5 Å². The van der Waals surface area contributed by atoms with Crippen LogP contribution >= 0.6 is 11.6 Å². The molecule has 0 aliphatic heterocycles. The Kier molecular flexibility index (Phi) is 7.96. The molecule has 0 spiro atoms. The number of hydrogen-bond donors (Lipinski definition) is 1. The second-order valence-corrected chi connectivity index (χ2v) is 9.06. The largest absolute Gasteiger partial charge is 0.444 e. The molecule has 2 aromatic rings. The number of nitrogens with one attached hydrogen (secondary N) is 1. The van der Waals surface area contributed by atoms with Crippen LogP contribution in [0.2, 0.25) is 5.02 Å². The van der Waals surface area contributed by atoms with Crippen molar-refractivity contribution in [2.24, 2.45) is 5.92 Å². The molecule has 0 fully saturated rings. The summed E-state index contributed by atoms with van der Waals surface area (Å²) in [7, 11) is 0. The van der Waals surface area contributed by atoms with E-state index in [1.165, 1.54) is 36.4 Å². The van der Waals surface area contributed by atoms with Gasteiger partial charge in [0.1, 0.15) is 11.4 Å². The molecule has 0 saturated carbocycles. The average Bonchev–Trinajstić information content (AvgIpc) is 2.64. The first-order valence-electron chi connectivity index (χ1n) is 9.99. The molecule has 0 aliphatic carbocycles. The quantitative estimate of drug-likeness (QED) is 0.579. The number of rotatable bonds is 7. The van der Waals surface area contributed by atoms with Gasteiger partial charge in [0.15, 0.2) is 11.6 Å². The summed E-state index contributed by atoms with van der Waals surface area (Å²) in [6.45, 7) is 8.77. The number of benzene rings is 2.